The standard InChI is InChI=1S/C43H27N3/c44-28-29-20-25-34(43(26-29)46-41-18-7-3-14-37(41)38-15-4-8-19-42(38)46)31-23-21-30(22-24-31)32-10-9-11-33(27-32)45-39-16-5-1-12-35(39)36-13-2-6-17-40(36)45/h1-27H. The molecule has 0 atom stereocenters. The highest BCUT2D eigenvalue weighted by Crippen LogP contribution is 2.38. The van der Waals surface area contributed by atoms with Gasteiger partial charge in [0.2, 0.25) is 0 Å². The van der Waals surface area contributed by atoms with Gasteiger partial charge in [0.1, 0.15) is 0 Å². The summed E-state index contributed by atoms with van der Waals surface area (Å²) in [7, 11) is 0. The maximum Gasteiger partial charge on any atom is 0.0992 e. The largest absolute Gasteiger partial charge is 0.309 e. The van der Waals surface area contributed by atoms with Crippen molar-refractivity contribution in [2.24, 2.45) is 0 Å². The second-order valence-electron chi connectivity index (χ2n) is 11.7. The minimum atomic E-state index is 0.638. The van der Waals surface area contributed by atoms with Crippen molar-refractivity contribution < 1.29 is 0 Å². The molecular weight excluding hydrogens is 558 g/mol. The number of hydrogen-bond acceptors (Lipinski definition) is 1. The van der Waals surface area contributed by atoms with Crippen LogP contribution in [0.25, 0.3) is 77.2 Å². The number of para-hydroxylation sites is 4. The molecule has 0 fully saturated rings. The molecule has 0 aliphatic carbocycles. The predicted molar refractivity (Wildman–Crippen MR) is 191 cm³/mol. The molecule has 7 aromatic carbocycles. The molecule has 0 aliphatic heterocycles. The molecule has 0 amide bonds. The zero-order chi connectivity index (χ0) is 30.6. The molecule has 2 aromatic heterocycles. The van der Waals surface area contributed by atoms with Gasteiger partial charge in [0, 0.05) is 32.8 Å². The molecule has 9 rings (SSSR count). The van der Waals surface area contributed by atoms with Gasteiger partial charge >= 0.3 is 0 Å². The molecule has 0 saturated carbocycles. The number of nitriles is 1. The average molecular weight is 586 g/mol. The van der Waals surface area contributed by atoms with E-state index in [0.29, 0.717) is 5.56 Å². The Bertz CT molecular complexity index is 2540. The lowest BCUT2D eigenvalue weighted by Crippen LogP contribution is -1.98. The maximum absolute atomic E-state index is 9.86. The Labute approximate surface area is 266 Å². The Morgan fingerprint density at radius 2 is 0.891 bits per heavy atom. The van der Waals surface area contributed by atoms with E-state index in [-0.39, 0.29) is 0 Å². The minimum Gasteiger partial charge on any atom is -0.309 e. The van der Waals surface area contributed by atoms with E-state index in [1.165, 1.54) is 32.6 Å². The highest BCUT2D eigenvalue weighted by Gasteiger charge is 2.17. The third kappa shape index (κ3) is 3.98. The van der Waals surface area contributed by atoms with Gasteiger partial charge in [-0.05, 0) is 65.2 Å². The quantitative estimate of drug-likeness (QED) is 0.202. The van der Waals surface area contributed by atoms with Gasteiger partial charge < -0.3 is 9.13 Å². The van der Waals surface area contributed by atoms with Crippen LogP contribution in [0.3, 0.4) is 0 Å². The Hall–Kier alpha value is -6.37. The van der Waals surface area contributed by atoms with Crippen molar-refractivity contribution in [3.63, 3.8) is 0 Å². The van der Waals surface area contributed by atoms with Gasteiger partial charge in [0.25, 0.3) is 0 Å². The molecule has 46 heavy (non-hydrogen) atoms. The van der Waals surface area contributed by atoms with Crippen molar-refractivity contribution in [3.05, 3.63) is 169 Å². The Balaban J connectivity index is 1.16. The van der Waals surface area contributed by atoms with Crippen LogP contribution in [0, 0.1) is 11.3 Å². The van der Waals surface area contributed by atoms with Crippen LogP contribution in [0.2, 0.25) is 0 Å². The van der Waals surface area contributed by atoms with E-state index in [1.807, 2.05) is 12.1 Å². The average Bonchev–Trinajstić information content (AvgIpc) is 3.65. The summed E-state index contributed by atoms with van der Waals surface area (Å²) in [4.78, 5) is 0. The Morgan fingerprint density at radius 1 is 0.391 bits per heavy atom. The first kappa shape index (κ1) is 26.1. The van der Waals surface area contributed by atoms with E-state index in [9.17, 15) is 5.26 Å². The van der Waals surface area contributed by atoms with Crippen LogP contribution in [0.4, 0.5) is 0 Å². The molecule has 9 aromatic rings. The van der Waals surface area contributed by atoms with Crippen LogP contribution in [0.15, 0.2) is 164 Å². The summed E-state index contributed by atoms with van der Waals surface area (Å²) in [5.74, 6) is 0. The molecule has 0 saturated heterocycles. The van der Waals surface area contributed by atoms with E-state index in [2.05, 4.69) is 167 Å². The summed E-state index contributed by atoms with van der Waals surface area (Å²) in [5, 5.41) is 14.8. The highest BCUT2D eigenvalue weighted by atomic mass is 15.0. The zero-order valence-electron chi connectivity index (χ0n) is 24.9. The molecule has 0 bridgehead atoms. The number of hydrogen-bond donors (Lipinski definition) is 0. The molecular formula is C43H27N3. The minimum absolute atomic E-state index is 0.638. The van der Waals surface area contributed by atoms with Crippen molar-refractivity contribution in [1.29, 1.82) is 5.26 Å². The smallest absolute Gasteiger partial charge is 0.0992 e. The van der Waals surface area contributed by atoms with Gasteiger partial charge in [-0.3, -0.25) is 0 Å². The number of rotatable bonds is 4. The lowest BCUT2D eigenvalue weighted by atomic mass is 9.97. The summed E-state index contributed by atoms with van der Waals surface area (Å²) < 4.78 is 4.65. The Morgan fingerprint density at radius 3 is 1.43 bits per heavy atom. The van der Waals surface area contributed by atoms with Crippen LogP contribution in [0.5, 0.6) is 0 Å². The molecule has 3 nitrogen and oxygen atoms in total. The van der Waals surface area contributed by atoms with Crippen molar-refractivity contribution in [2.75, 3.05) is 0 Å². The molecule has 3 heteroatoms. The molecule has 0 radical (unpaired) electrons. The van der Waals surface area contributed by atoms with Crippen molar-refractivity contribution >= 4 is 43.6 Å². The fourth-order valence-electron chi connectivity index (χ4n) is 7.08. The topological polar surface area (TPSA) is 33.6 Å². The van der Waals surface area contributed by atoms with Crippen LogP contribution in [-0.2, 0) is 0 Å². The van der Waals surface area contributed by atoms with E-state index in [0.717, 1.165) is 44.7 Å². The molecule has 214 valence electrons. The highest BCUT2D eigenvalue weighted by molar-refractivity contribution is 6.10. The summed E-state index contributed by atoms with van der Waals surface area (Å²) in [5.41, 5.74) is 11.9. The summed E-state index contributed by atoms with van der Waals surface area (Å²) in [6.07, 6.45) is 0. The number of aromatic nitrogens is 2. The molecule has 0 spiro atoms. The van der Waals surface area contributed by atoms with Crippen LogP contribution in [-0.4, -0.2) is 9.13 Å². The van der Waals surface area contributed by atoms with Gasteiger partial charge in [-0.1, -0.05) is 115 Å². The monoisotopic (exact) mass is 585 g/mol. The van der Waals surface area contributed by atoms with E-state index in [4.69, 9.17) is 0 Å². The molecule has 0 N–H and O–H groups in total. The number of nitrogens with zero attached hydrogens (tertiary/aromatic N) is 3. The predicted octanol–water partition coefficient (Wildman–Crippen LogP) is 11.1. The van der Waals surface area contributed by atoms with E-state index >= 15 is 0 Å². The normalized spacial score (nSPS) is 11.5. The van der Waals surface area contributed by atoms with Gasteiger partial charge in [-0.2, -0.15) is 5.26 Å². The first-order chi connectivity index (χ1) is 22.8. The second kappa shape index (κ2) is 10.4. The summed E-state index contributed by atoms with van der Waals surface area (Å²) in [6.45, 7) is 0. The molecule has 2 heterocycles. The lowest BCUT2D eigenvalue weighted by Gasteiger charge is -2.15. The lowest BCUT2D eigenvalue weighted by molar-refractivity contribution is 1.18. The summed E-state index contributed by atoms with van der Waals surface area (Å²) in [6, 6.07) is 60.2. The van der Waals surface area contributed by atoms with Crippen molar-refractivity contribution in [1.82, 2.24) is 9.13 Å². The fraction of sp³-hybridized carbons (Fsp3) is 0. The van der Waals surface area contributed by atoms with Crippen molar-refractivity contribution in [3.8, 4) is 39.7 Å². The second-order valence-corrected chi connectivity index (χ2v) is 11.7. The third-order valence-corrected chi connectivity index (χ3v) is 9.16. The van der Waals surface area contributed by atoms with E-state index < -0.39 is 0 Å². The maximum atomic E-state index is 9.86. The van der Waals surface area contributed by atoms with Gasteiger partial charge in [0.15, 0.2) is 0 Å². The zero-order valence-corrected chi connectivity index (χ0v) is 24.9. The third-order valence-electron chi connectivity index (χ3n) is 9.16. The van der Waals surface area contributed by atoms with E-state index in [1.54, 1.807) is 0 Å². The first-order valence-corrected chi connectivity index (χ1v) is 15.5. The Kier molecular flexibility index (Phi) is 5.88. The van der Waals surface area contributed by atoms with Gasteiger partial charge in [-0.25, -0.2) is 0 Å². The van der Waals surface area contributed by atoms with Crippen LogP contribution < -0.4 is 0 Å². The van der Waals surface area contributed by atoms with Gasteiger partial charge in [-0.15, -0.1) is 0 Å². The van der Waals surface area contributed by atoms with Crippen molar-refractivity contribution in [2.45, 2.75) is 0 Å². The number of benzene rings is 7. The fourth-order valence-corrected chi connectivity index (χ4v) is 7.08. The summed E-state index contributed by atoms with van der Waals surface area (Å²) >= 11 is 0. The van der Waals surface area contributed by atoms with Crippen LogP contribution in [0.1, 0.15) is 5.56 Å². The van der Waals surface area contributed by atoms with Gasteiger partial charge in [0.05, 0.1) is 39.4 Å². The first-order valence-electron chi connectivity index (χ1n) is 15.5. The number of fused-ring (bicyclic) bond motifs is 6. The van der Waals surface area contributed by atoms with Crippen LogP contribution >= 0.6 is 0 Å². The molecule has 0 aliphatic rings. The molecule has 0 unspecified atom stereocenters. The SMILES string of the molecule is N#Cc1ccc(-c2ccc(-c3cccc(-n4c5ccccc5c5ccccc54)c3)cc2)c(-n2c3ccccc3c3ccccc32)c1.